The van der Waals surface area contributed by atoms with Crippen LogP contribution in [0.1, 0.15) is 44.4 Å². The molecule has 0 radical (unpaired) electrons. The fraction of sp³-hybridized carbons (Fsp3) is 0.714. The van der Waals surface area contributed by atoms with Crippen molar-refractivity contribution >= 4 is 27.3 Å². The SMILES string of the molecule is CC(C)NCC1(Cc2ccc(Br)s2)CCCC1. The summed E-state index contributed by atoms with van der Waals surface area (Å²) in [5, 5.41) is 3.65. The Morgan fingerprint density at radius 3 is 2.59 bits per heavy atom. The molecule has 1 aromatic rings. The summed E-state index contributed by atoms with van der Waals surface area (Å²) in [4.78, 5) is 1.53. The molecule has 1 heterocycles. The minimum atomic E-state index is 0.522. The second-order valence-electron chi connectivity index (χ2n) is 5.63. The minimum absolute atomic E-state index is 0.522. The Labute approximate surface area is 117 Å². The van der Waals surface area contributed by atoms with E-state index in [0.29, 0.717) is 11.5 Å². The van der Waals surface area contributed by atoms with Gasteiger partial charge in [-0.05, 0) is 52.7 Å². The summed E-state index contributed by atoms with van der Waals surface area (Å²) in [6, 6.07) is 5.06. The molecular formula is C14H22BrNS. The van der Waals surface area contributed by atoms with Gasteiger partial charge in [0.1, 0.15) is 0 Å². The van der Waals surface area contributed by atoms with E-state index in [2.05, 4.69) is 47.2 Å². The molecule has 3 heteroatoms. The first-order valence-corrected chi connectivity index (χ1v) is 8.18. The van der Waals surface area contributed by atoms with Crippen LogP contribution in [0.25, 0.3) is 0 Å². The van der Waals surface area contributed by atoms with Gasteiger partial charge in [0.05, 0.1) is 3.79 Å². The van der Waals surface area contributed by atoms with Crippen molar-refractivity contribution < 1.29 is 0 Å². The number of hydrogen-bond acceptors (Lipinski definition) is 2. The molecule has 0 saturated heterocycles. The Bertz CT molecular complexity index is 353. The molecule has 1 fully saturated rings. The normalized spacial score (nSPS) is 19.1. The van der Waals surface area contributed by atoms with E-state index in [4.69, 9.17) is 0 Å². The molecule has 2 rings (SSSR count). The van der Waals surface area contributed by atoms with Gasteiger partial charge in [-0.1, -0.05) is 26.7 Å². The molecule has 0 bridgehead atoms. The lowest BCUT2D eigenvalue weighted by molar-refractivity contribution is 0.271. The Morgan fingerprint density at radius 2 is 2.06 bits per heavy atom. The topological polar surface area (TPSA) is 12.0 Å². The number of hydrogen-bond donors (Lipinski definition) is 1. The maximum atomic E-state index is 3.65. The largest absolute Gasteiger partial charge is 0.314 e. The summed E-state index contributed by atoms with van der Waals surface area (Å²) in [6.07, 6.45) is 6.85. The number of nitrogens with one attached hydrogen (secondary N) is 1. The third kappa shape index (κ3) is 3.80. The zero-order valence-corrected chi connectivity index (χ0v) is 13.2. The zero-order valence-electron chi connectivity index (χ0n) is 10.8. The van der Waals surface area contributed by atoms with Crippen molar-refractivity contribution in [2.75, 3.05) is 6.54 Å². The van der Waals surface area contributed by atoms with Crippen molar-refractivity contribution in [3.05, 3.63) is 20.8 Å². The van der Waals surface area contributed by atoms with E-state index in [1.54, 1.807) is 0 Å². The van der Waals surface area contributed by atoms with Crippen molar-refractivity contribution in [3.63, 3.8) is 0 Å². The third-order valence-corrected chi connectivity index (χ3v) is 5.35. The fourth-order valence-corrected chi connectivity index (χ4v) is 4.43. The maximum Gasteiger partial charge on any atom is 0.0701 e. The van der Waals surface area contributed by atoms with E-state index < -0.39 is 0 Å². The molecule has 1 aliphatic carbocycles. The number of thiophene rings is 1. The van der Waals surface area contributed by atoms with Gasteiger partial charge in [-0.3, -0.25) is 0 Å². The van der Waals surface area contributed by atoms with Crippen molar-refractivity contribution in [1.29, 1.82) is 0 Å². The molecule has 1 nitrogen and oxygen atoms in total. The number of halogens is 1. The lowest BCUT2D eigenvalue weighted by Gasteiger charge is -2.30. The molecule has 0 aromatic carbocycles. The fourth-order valence-electron chi connectivity index (χ4n) is 2.78. The monoisotopic (exact) mass is 315 g/mol. The average Bonchev–Trinajstić information content (AvgIpc) is 2.87. The van der Waals surface area contributed by atoms with Crippen LogP contribution in [0.5, 0.6) is 0 Å². The quantitative estimate of drug-likeness (QED) is 0.836. The van der Waals surface area contributed by atoms with Crippen LogP contribution in [0.4, 0.5) is 0 Å². The van der Waals surface area contributed by atoms with Crippen LogP contribution in [0.15, 0.2) is 15.9 Å². The first kappa shape index (κ1) is 13.6. The van der Waals surface area contributed by atoms with Crippen LogP contribution < -0.4 is 5.32 Å². The van der Waals surface area contributed by atoms with E-state index in [1.807, 2.05) is 11.3 Å². The van der Waals surface area contributed by atoms with Crippen molar-refractivity contribution in [2.24, 2.45) is 5.41 Å². The highest BCUT2D eigenvalue weighted by Crippen LogP contribution is 2.42. The molecule has 1 aromatic heterocycles. The van der Waals surface area contributed by atoms with Crippen molar-refractivity contribution in [3.8, 4) is 0 Å². The molecule has 0 amide bonds. The molecule has 1 N–H and O–H groups in total. The highest BCUT2D eigenvalue weighted by molar-refractivity contribution is 9.11. The Kier molecular flexibility index (Phi) is 4.67. The highest BCUT2D eigenvalue weighted by atomic mass is 79.9. The summed E-state index contributed by atoms with van der Waals surface area (Å²) in [5.41, 5.74) is 0.522. The molecular weight excluding hydrogens is 294 g/mol. The van der Waals surface area contributed by atoms with Crippen LogP contribution >= 0.6 is 27.3 Å². The molecule has 1 saturated carbocycles. The van der Waals surface area contributed by atoms with E-state index in [1.165, 1.54) is 47.3 Å². The average molecular weight is 316 g/mol. The second kappa shape index (κ2) is 5.85. The first-order chi connectivity index (χ1) is 8.10. The minimum Gasteiger partial charge on any atom is -0.314 e. The van der Waals surface area contributed by atoms with Gasteiger partial charge < -0.3 is 5.32 Å². The summed E-state index contributed by atoms with van der Waals surface area (Å²) in [6.45, 7) is 5.66. The number of rotatable bonds is 5. The molecule has 0 atom stereocenters. The van der Waals surface area contributed by atoms with Gasteiger partial charge >= 0.3 is 0 Å². The lowest BCUT2D eigenvalue weighted by atomic mass is 9.82. The molecule has 0 unspecified atom stereocenters. The van der Waals surface area contributed by atoms with Gasteiger partial charge in [-0.25, -0.2) is 0 Å². The lowest BCUT2D eigenvalue weighted by Crippen LogP contribution is -2.37. The van der Waals surface area contributed by atoms with Gasteiger partial charge in [0, 0.05) is 17.5 Å². The molecule has 0 spiro atoms. The van der Waals surface area contributed by atoms with Gasteiger partial charge in [0.15, 0.2) is 0 Å². The van der Waals surface area contributed by atoms with Crippen LogP contribution in [-0.4, -0.2) is 12.6 Å². The summed E-state index contributed by atoms with van der Waals surface area (Å²) in [7, 11) is 0. The Hall–Kier alpha value is 0.140. The van der Waals surface area contributed by atoms with Crippen LogP contribution in [-0.2, 0) is 6.42 Å². The summed E-state index contributed by atoms with van der Waals surface area (Å²) in [5.74, 6) is 0. The summed E-state index contributed by atoms with van der Waals surface area (Å²) >= 11 is 5.46. The van der Waals surface area contributed by atoms with Crippen LogP contribution in [0.3, 0.4) is 0 Å². The Balaban J connectivity index is 2.01. The highest BCUT2D eigenvalue weighted by Gasteiger charge is 2.34. The molecule has 17 heavy (non-hydrogen) atoms. The van der Waals surface area contributed by atoms with Crippen molar-refractivity contribution in [1.82, 2.24) is 5.32 Å². The smallest absolute Gasteiger partial charge is 0.0701 e. The predicted molar refractivity (Wildman–Crippen MR) is 79.8 cm³/mol. The molecule has 96 valence electrons. The van der Waals surface area contributed by atoms with E-state index in [9.17, 15) is 0 Å². The van der Waals surface area contributed by atoms with Gasteiger partial charge in [-0.2, -0.15) is 0 Å². The second-order valence-corrected chi connectivity index (χ2v) is 8.17. The van der Waals surface area contributed by atoms with E-state index in [-0.39, 0.29) is 0 Å². The predicted octanol–water partition coefficient (Wildman–Crippen LogP) is 4.61. The van der Waals surface area contributed by atoms with Crippen LogP contribution in [0, 0.1) is 5.41 Å². The standard InChI is InChI=1S/C14H22BrNS/c1-11(2)16-10-14(7-3-4-8-14)9-12-5-6-13(15)17-12/h5-6,11,16H,3-4,7-10H2,1-2H3. The summed E-state index contributed by atoms with van der Waals surface area (Å²) < 4.78 is 1.26. The van der Waals surface area contributed by atoms with Gasteiger partial charge in [-0.15, -0.1) is 11.3 Å². The van der Waals surface area contributed by atoms with Gasteiger partial charge in [0.25, 0.3) is 0 Å². The van der Waals surface area contributed by atoms with Crippen molar-refractivity contribution in [2.45, 2.75) is 52.0 Å². The Morgan fingerprint density at radius 1 is 1.35 bits per heavy atom. The van der Waals surface area contributed by atoms with Crippen LogP contribution in [0.2, 0.25) is 0 Å². The maximum absolute atomic E-state index is 3.65. The van der Waals surface area contributed by atoms with E-state index in [0.717, 1.165) is 0 Å². The zero-order chi connectivity index (χ0) is 12.3. The molecule has 1 aliphatic rings. The third-order valence-electron chi connectivity index (χ3n) is 3.73. The van der Waals surface area contributed by atoms with E-state index >= 15 is 0 Å². The molecule has 0 aliphatic heterocycles. The van der Waals surface area contributed by atoms with Gasteiger partial charge in [0.2, 0.25) is 0 Å². The first-order valence-electron chi connectivity index (χ1n) is 6.57.